The summed E-state index contributed by atoms with van der Waals surface area (Å²) in [5, 5.41) is 17.6. The van der Waals surface area contributed by atoms with Crippen molar-refractivity contribution in [2.24, 2.45) is 0 Å². The van der Waals surface area contributed by atoms with Crippen LogP contribution in [0, 0.1) is 0 Å². The van der Waals surface area contributed by atoms with Crippen molar-refractivity contribution in [3.05, 3.63) is 35.4 Å². The first-order valence-corrected chi connectivity index (χ1v) is 7.11. The maximum absolute atomic E-state index is 12.3. The second-order valence-electron chi connectivity index (χ2n) is 4.09. The summed E-state index contributed by atoms with van der Waals surface area (Å²) in [7, 11) is -3.69. The molecule has 0 aliphatic rings. The van der Waals surface area contributed by atoms with Gasteiger partial charge in [-0.1, -0.05) is 12.1 Å². The second kappa shape index (κ2) is 5.89. The molecule has 8 heteroatoms. The van der Waals surface area contributed by atoms with E-state index in [1.165, 1.54) is 0 Å². The smallest absolute Gasteiger partial charge is 0.394 e. The van der Waals surface area contributed by atoms with E-state index in [9.17, 15) is 21.6 Å². The number of aliphatic hydroxyl groups excluding tert-OH is 2. The fourth-order valence-electron chi connectivity index (χ4n) is 1.45. The molecule has 0 radical (unpaired) electrons. The van der Waals surface area contributed by atoms with E-state index in [0.29, 0.717) is 0 Å². The number of rotatable bonds is 5. The summed E-state index contributed by atoms with van der Waals surface area (Å²) in [6.45, 7) is -0.688. The number of hydrogen-bond acceptors (Lipinski definition) is 4. The minimum Gasteiger partial charge on any atom is -0.394 e. The van der Waals surface area contributed by atoms with Crippen LogP contribution in [-0.4, -0.2) is 37.1 Å². The topological polar surface area (TPSA) is 74.6 Å². The van der Waals surface area contributed by atoms with Crippen molar-refractivity contribution in [2.45, 2.75) is 18.0 Å². The van der Waals surface area contributed by atoms with E-state index < -0.39 is 45.8 Å². The molecule has 0 amide bonds. The van der Waals surface area contributed by atoms with Gasteiger partial charge in [-0.2, -0.15) is 13.2 Å². The first kappa shape index (κ1) is 15.9. The van der Waals surface area contributed by atoms with Gasteiger partial charge in [-0.3, -0.25) is 0 Å². The molecule has 19 heavy (non-hydrogen) atoms. The molecule has 1 aromatic rings. The maximum atomic E-state index is 12.3. The fourth-order valence-corrected chi connectivity index (χ4v) is 2.96. The van der Waals surface area contributed by atoms with Crippen molar-refractivity contribution >= 4 is 9.84 Å². The van der Waals surface area contributed by atoms with Crippen molar-refractivity contribution in [2.75, 3.05) is 12.4 Å². The predicted octanol–water partition coefficient (Wildman–Crippen LogP) is 0.973. The molecular formula is C11H13F3O4S. The van der Waals surface area contributed by atoms with Crippen molar-refractivity contribution in [1.82, 2.24) is 0 Å². The molecule has 1 rings (SSSR count). The highest BCUT2D eigenvalue weighted by atomic mass is 32.2. The van der Waals surface area contributed by atoms with Crippen LogP contribution in [0.2, 0.25) is 0 Å². The lowest BCUT2D eigenvalue weighted by atomic mass is 10.1. The summed E-state index contributed by atoms with van der Waals surface area (Å²) < 4.78 is 60.0. The van der Waals surface area contributed by atoms with Crippen LogP contribution in [0.4, 0.5) is 13.2 Å². The van der Waals surface area contributed by atoms with E-state index in [1.54, 1.807) is 0 Å². The van der Waals surface area contributed by atoms with E-state index in [4.69, 9.17) is 10.2 Å². The summed E-state index contributed by atoms with van der Waals surface area (Å²) in [5.41, 5.74) is -0.665. The van der Waals surface area contributed by atoms with Gasteiger partial charge in [0, 0.05) is 0 Å². The third kappa shape index (κ3) is 5.17. The monoisotopic (exact) mass is 298 g/mol. The molecular weight excluding hydrogens is 285 g/mol. The van der Waals surface area contributed by atoms with E-state index >= 15 is 0 Å². The molecule has 0 aliphatic heterocycles. The molecule has 0 aromatic heterocycles. The highest BCUT2D eigenvalue weighted by Gasteiger charge is 2.30. The van der Waals surface area contributed by atoms with Crippen LogP contribution < -0.4 is 0 Å². The van der Waals surface area contributed by atoms with Crippen LogP contribution in [0.1, 0.15) is 11.1 Å². The van der Waals surface area contributed by atoms with Crippen LogP contribution in [0.25, 0.3) is 0 Å². The zero-order chi connectivity index (χ0) is 14.7. The van der Waals surface area contributed by atoms with Gasteiger partial charge in [0.15, 0.2) is 9.84 Å². The summed E-state index contributed by atoms with van der Waals surface area (Å²) in [4.78, 5) is 0. The second-order valence-corrected chi connectivity index (χ2v) is 6.19. The number of aliphatic hydroxyl groups is 2. The van der Waals surface area contributed by atoms with Gasteiger partial charge in [-0.05, 0) is 17.7 Å². The van der Waals surface area contributed by atoms with Gasteiger partial charge in [0.25, 0.3) is 0 Å². The standard InChI is InChI=1S/C11H13F3O4S/c12-11(13,14)9-3-1-8(2-4-9)6-19(17,18)7-10(16)5-15/h1-4,10,15-16H,5-7H2. The largest absolute Gasteiger partial charge is 0.416 e. The Balaban J connectivity index is 2.78. The zero-order valence-corrected chi connectivity index (χ0v) is 10.6. The number of halogens is 3. The van der Waals surface area contributed by atoms with E-state index in [2.05, 4.69) is 0 Å². The third-order valence-corrected chi connectivity index (χ3v) is 3.99. The molecule has 0 saturated heterocycles. The lowest BCUT2D eigenvalue weighted by Crippen LogP contribution is -2.25. The van der Waals surface area contributed by atoms with Gasteiger partial charge >= 0.3 is 6.18 Å². The highest BCUT2D eigenvalue weighted by molar-refractivity contribution is 7.90. The van der Waals surface area contributed by atoms with Crippen LogP contribution >= 0.6 is 0 Å². The molecule has 0 bridgehead atoms. The fraction of sp³-hybridized carbons (Fsp3) is 0.455. The van der Waals surface area contributed by atoms with E-state index in [0.717, 1.165) is 24.3 Å². The van der Waals surface area contributed by atoms with E-state index in [-0.39, 0.29) is 5.56 Å². The van der Waals surface area contributed by atoms with Crippen molar-refractivity contribution in [3.8, 4) is 0 Å². The quantitative estimate of drug-likeness (QED) is 0.849. The molecule has 0 spiro atoms. The van der Waals surface area contributed by atoms with Crippen molar-refractivity contribution < 1.29 is 31.8 Å². The third-order valence-electron chi connectivity index (χ3n) is 2.32. The van der Waals surface area contributed by atoms with Crippen molar-refractivity contribution in [1.29, 1.82) is 0 Å². The normalized spacial score (nSPS) is 14.4. The average Bonchev–Trinajstić information content (AvgIpc) is 2.27. The minimum atomic E-state index is -4.47. The Labute approximate surface area is 108 Å². The number of hydrogen-bond donors (Lipinski definition) is 2. The Morgan fingerprint density at radius 3 is 2.11 bits per heavy atom. The predicted molar refractivity (Wildman–Crippen MR) is 62.0 cm³/mol. The van der Waals surface area contributed by atoms with Gasteiger partial charge in [0.2, 0.25) is 0 Å². The van der Waals surface area contributed by atoms with Gasteiger partial charge in [0.1, 0.15) is 0 Å². The first-order chi connectivity index (χ1) is 8.64. The van der Waals surface area contributed by atoms with E-state index in [1.807, 2.05) is 0 Å². The van der Waals surface area contributed by atoms with Crippen LogP contribution in [0.3, 0.4) is 0 Å². The number of alkyl halides is 3. The molecule has 1 unspecified atom stereocenters. The Kier molecular flexibility index (Phi) is 4.94. The molecule has 4 nitrogen and oxygen atoms in total. The van der Waals surface area contributed by atoms with Crippen LogP contribution in [-0.2, 0) is 21.8 Å². The van der Waals surface area contributed by atoms with Crippen molar-refractivity contribution in [3.63, 3.8) is 0 Å². The molecule has 0 saturated carbocycles. The lowest BCUT2D eigenvalue weighted by molar-refractivity contribution is -0.137. The molecule has 2 N–H and O–H groups in total. The van der Waals surface area contributed by atoms with Gasteiger partial charge < -0.3 is 10.2 Å². The molecule has 1 atom stereocenters. The number of sulfone groups is 1. The Morgan fingerprint density at radius 1 is 1.16 bits per heavy atom. The minimum absolute atomic E-state index is 0.193. The first-order valence-electron chi connectivity index (χ1n) is 5.29. The molecule has 108 valence electrons. The SMILES string of the molecule is O=S(=O)(Cc1ccc(C(F)(F)F)cc1)CC(O)CO. The van der Waals surface area contributed by atoms with Gasteiger partial charge in [-0.15, -0.1) is 0 Å². The average molecular weight is 298 g/mol. The van der Waals surface area contributed by atoms with Crippen LogP contribution in [0.15, 0.2) is 24.3 Å². The van der Waals surface area contributed by atoms with Crippen LogP contribution in [0.5, 0.6) is 0 Å². The Hall–Kier alpha value is -1.12. The van der Waals surface area contributed by atoms with Gasteiger partial charge in [-0.25, -0.2) is 8.42 Å². The zero-order valence-electron chi connectivity index (χ0n) is 9.76. The summed E-state index contributed by atoms with van der Waals surface area (Å²) in [5.74, 6) is -1.12. The highest BCUT2D eigenvalue weighted by Crippen LogP contribution is 2.29. The van der Waals surface area contributed by atoms with Gasteiger partial charge in [0.05, 0.1) is 29.8 Å². The summed E-state index contributed by atoms with van der Waals surface area (Å²) in [6, 6.07) is 3.75. The molecule has 0 aliphatic carbocycles. The maximum Gasteiger partial charge on any atom is 0.416 e. The Bertz CT molecular complexity index is 508. The molecule has 0 heterocycles. The Morgan fingerprint density at radius 2 is 1.68 bits per heavy atom. The summed E-state index contributed by atoms with van der Waals surface area (Å²) in [6.07, 6.45) is -5.86. The molecule has 0 fully saturated rings. The lowest BCUT2D eigenvalue weighted by Gasteiger charge is -2.10. The molecule has 1 aromatic carbocycles. The number of benzene rings is 1. The summed E-state index contributed by atoms with van der Waals surface area (Å²) >= 11 is 0.